The predicted molar refractivity (Wildman–Crippen MR) is 92.0 cm³/mol. The number of rotatable bonds is 5. The molecule has 1 N–H and O–H groups in total. The Kier molecular flexibility index (Phi) is 5.23. The molecule has 128 valence electrons. The van der Waals surface area contributed by atoms with Crippen molar-refractivity contribution in [3.8, 4) is 0 Å². The standard InChI is InChI=1S/C20H19NO4/c22-18(11-14-5-2-1-3-6-14)21-19(23)13-25-20(24)17-10-9-15-7-4-8-16(15)12-17/h1-3,5-6,9-10,12H,4,7-8,11,13H2,(H,21,22,23). The Morgan fingerprint density at radius 2 is 1.68 bits per heavy atom. The van der Waals surface area contributed by atoms with E-state index in [9.17, 15) is 14.4 Å². The monoisotopic (exact) mass is 337 g/mol. The summed E-state index contributed by atoms with van der Waals surface area (Å²) in [6.07, 6.45) is 3.20. The molecule has 5 nitrogen and oxygen atoms in total. The zero-order valence-corrected chi connectivity index (χ0v) is 13.8. The maximum atomic E-state index is 12.0. The maximum Gasteiger partial charge on any atom is 0.338 e. The van der Waals surface area contributed by atoms with Crippen molar-refractivity contribution in [1.29, 1.82) is 0 Å². The number of fused-ring (bicyclic) bond motifs is 1. The number of hydrogen-bond acceptors (Lipinski definition) is 4. The van der Waals surface area contributed by atoms with Crippen LogP contribution in [0.1, 0.15) is 33.5 Å². The summed E-state index contributed by atoms with van der Waals surface area (Å²) in [7, 11) is 0. The Hall–Kier alpha value is -2.95. The number of ether oxygens (including phenoxy) is 1. The average Bonchev–Trinajstić information content (AvgIpc) is 3.08. The molecule has 0 aliphatic heterocycles. The summed E-state index contributed by atoms with van der Waals surface area (Å²) >= 11 is 0. The van der Waals surface area contributed by atoms with Crippen molar-refractivity contribution >= 4 is 17.8 Å². The van der Waals surface area contributed by atoms with Gasteiger partial charge in [-0.05, 0) is 48.1 Å². The molecule has 0 atom stereocenters. The average molecular weight is 337 g/mol. The van der Waals surface area contributed by atoms with E-state index in [1.54, 1.807) is 18.2 Å². The van der Waals surface area contributed by atoms with Gasteiger partial charge >= 0.3 is 5.97 Å². The van der Waals surface area contributed by atoms with E-state index in [0.717, 1.165) is 30.4 Å². The largest absolute Gasteiger partial charge is 0.452 e. The van der Waals surface area contributed by atoms with E-state index in [1.165, 1.54) is 5.56 Å². The third-order valence-electron chi connectivity index (χ3n) is 4.15. The Labute approximate surface area is 146 Å². The zero-order chi connectivity index (χ0) is 17.6. The zero-order valence-electron chi connectivity index (χ0n) is 13.8. The minimum Gasteiger partial charge on any atom is -0.452 e. The van der Waals surface area contributed by atoms with E-state index in [1.807, 2.05) is 30.3 Å². The molecule has 1 aliphatic rings. The maximum absolute atomic E-state index is 12.0. The van der Waals surface area contributed by atoms with Gasteiger partial charge in [0.05, 0.1) is 12.0 Å². The lowest BCUT2D eigenvalue weighted by Crippen LogP contribution is -2.35. The van der Waals surface area contributed by atoms with Crippen LogP contribution < -0.4 is 5.32 Å². The summed E-state index contributed by atoms with van der Waals surface area (Å²) in [5.41, 5.74) is 3.67. The molecule has 2 aromatic carbocycles. The second kappa shape index (κ2) is 7.75. The van der Waals surface area contributed by atoms with Gasteiger partial charge in [-0.1, -0.05) is 36.4 Å². The SMILES string of the molecule is O=C(COC(=O)c1ccc2c(c1)CCC2)NC(=O)Cc1ccccc1. The quantitative estimate of drug-likeness (QED) is 0.849. The van der Waals surface area contributed by atoms with E-state index in [-0.39, 0.29) is 6.42 Å². The highest BCUT2D eigenvalue weighted by Crippen LogP contribution is 2.23. The number of aryl methyl sites for hydroxylation is 2. The Morgan fingerprint density at radius 3 is 2.48 bits per heavy atom. The lowest BCUT2D eigenvalue weighted by Gasteiger charge is -2.07. The van der Waals surface area contributed by atoms with Gasteiger partial charge in [0.25, 0.3) is 5.91 Å². The number of carbonyl (C=O) groups is 3. The number of nitrogens with one attached hydrogen (secondary N) is 1. The van der Waals surface area contributed by atoms with Crippen LogP contribution in [0.2, 0.25) is 0 Å². The number of amides is 2. The highest BCUT2D eigenvalue weighted by Gasteiger charge is 2.16. The highest BCUT2D eigenvalue weighted by molar-refractivity contribution is 5.98. The van der Waals surface area contributed by atoms with Crippen LogP contribution in [0.15, 0.2) is 48.5 Å². The molecule has 2 amide bonds. The van der Waals surface area contributed by atoms with Crippen molar-refractivity contribution in [3.05, 3.63) is 70.8 Å². The molecule has 0 saturated heterocycles. The van der Waals surface area contributed by atoms with Crippen LogP contribution in [0.4, 0.5) is 0 Å². The van der Waals surface area contributed by atoms with Crippen molar-refractivity contribution < 1.29 is 19.1 Å². The van der Waals surface area contributed by atoms with Crippen LogP contribution in [0.25, 0.3) is 0 Å². The Morgan fingerprint density at radius 1 is 0.920 bits per heavy atom. The van der Waals surface area contributed by atoms with Gasteiger partial charge in [0.15, 0.2) is 6.61 Å². The summed E-state index contributed by atoms with van der Waals surface area (Å²) in [4.78, 5) is 35.6. The molecular formula is C20H19NO4. The topological polar surface area (TPSA) is 72.5 Å². The van der Waals surface area contributed by atoms with Crippen LogP contribution in [-0.4, -0.2) is 24.4 Å². The lowest BCUT2D eigenvalue weighted by atomic mass is 10.1. The van der Waals surface area contributed by atoms with Crippen molar-refractivity contribution in [2.24, 2.45) is 0 Å². The van der Waals surface area contributed by atoms with E-state index >= 15 is 0 Å². The van der Waals surface area contributed by atoms with E-state index in [0.29, 0.717) is 5.56 Å². The van der Waals surface area contributed by atoms with E-state index < -0.39 is 24.4 Å². The molecule has 0 spiro atoms. The van der Waals surface area contributed by atoms with Gasteiger partial charge in [0, 0.05) is 0 Å². The van der Waals surface area contributed by atoms with Gasteiger partial charge in [0.1, 0.15) is 0 Å². The summed E-state index contributed by atoms with van der Waals surface area (Å²) in [5, 5.41) is 2.22. The fraction of sp³-hybridized carbons (Fsp3) is 0.250. The molecule has 3 rings (SSSR count). The summed E-state index contributed by atoms with van der Waals surface area (Å²) in [6.45, 7) is -0.476. The number of hydrogen-bond donors (Lipinski definition) is 1. The highest BCUT2D eigenvalue weighted by atomic mass is 16.5. The molecule has 0 fully saturated rings. The molecule has 0 heterocycles. The Balaban J connectivity index is 1.47. The van der Waals surface area contributed by atoms with Crippen LogP contribution in [0.5, 0.6) is 0 Å². The number of benzene rings is 2. The fourth-order valence-corrected chi connectivity index (χ4v) is 2.93. The van der Waals surface area contributed by atoms with Gasteiger partial charge in [-0.3, -0.25) is 14.9 Å². The van der Waals surface area contributed by atoms with Crippen LogP contribution in [0.3, 0.4) is 0 Å². The Bertz CT molecular complexity index is 799. The predicted octanol–water partition coefficient (Wildman–Crippen LogP) is 2.22. The molecule has 5 heteroatoms. The first-order valence-corrected chi connectivity index (χ1v) is 8.27. The van der Waals surface area contributed by atoms with Gasteiger partial charge in [-0.25, -0.2) is 4.79 Å². The third kappa shape index (κ3) is 4.53. The van der Waals surface area contributed by atoms with E-state index in [4.69, 9.17) is 4.74 Å². The van der Waals surface area contributed by atoms with Crippen LogP contribution >= 0.6 is 0 Å². The summed E-state index contributed by atoms with van der Waals surface area (Å²) in [5.74, 6) is -1.61. The second-order valence-corrected chi connectivity index (χ2v) is 6.05. The van der Waals surface area contributed by atoms with E-state index in [2.05, 4.69) is 5.32 Å². The van der Waals surface area contributed by atoms with Crippen LogP contribution in [0, 0.1) is 0 Å². The van der Waals surface area contributed by atoms with Gasteiger partial charge < -0.3 is 4.74 Å². The second-order valence-electron chi connectivity index (χ2n) is 6.05. The normalized spacial score (nSPS) is 12.3. The molecule has 0 saturated carbocycles. The molecule has 2 aromatic rings. The van der Waals surface area contributed by atoms with Crippen LogP contribution in [-0.2, 0) is 33.6 Å². The third-order valence-corrected chi connectivity index (χ3v) is 4.15. The summed E-state index contributed by atoms with van der Waals surface area (Å²) < 4.78 is 5.00. The van der Waals surface area contributed by atoms with Crippen molar-refractivity contribution in [2.75, 3.05) is 6.61 Å². The van der Waals surface area contributed by atoms with Gasteiger partial charge in [0.2, 0.25) is 5.91 Å². The molecule has 25 heavy (non-hydrogen) atoms. The minimum absolute atomic E-state index is 0.103. The number of imide groups is 1. The van der Waals surface area contributed by atoms with Gasteiger partial charge in [-0.2, -0.15) is 0 Å². The first kappa shape index (κ1) is 16.9. The number of carbonyl (C=O) groups excluding carboxylic acids is 3. The summed E-state index contributed by atoms with van der Waals surface area (Å²) in [6, 6.07) is 14.6. The molecule has 1 aliphatic carbocycles. The van der Waals surface area contributed by atoms with Gasteiger partial charge in [-0.15, -0.1) is 0 Å². The number of esters is 1. The van der Waals surface area contributed by atoms with Crippen molar-refractivity contribution in [1.82, 2.24) is 5.32 Å². The smallest absolute Gasteiger partial charge is 0.338 e. The molecular weight excluding hydrogens is 318 g/mol. The minimum atomic E-state index is -0.629. The lowest BCUT2D eigenvalue weighted by molar-refractivity contribution is -0.132. The molecule has 0 unspecified atom stereocenters. The molecule has 0 bridgehead atoms. The molecule has 0 radical (unpaired) electrons. The fourth-order valence-electron chi connectivity index (χ4n) is 2.93. The molecule has 0 aromatic heterocycles. The first-order valence-electron chi connectivity index (χ1n) is 8.27. The van der Waals surface area contributed by atoms with Crippen molar-refractivity contribution in [2.45, 2.75) is 25.7 Å². The van der Waals surface area contributed by atoms with Crippen molar-refractivity contribution in [3.63, 3.8) is 0 Å². The first-order chi connectivity index (χ1) is 12.1.